The minimum absolute atomic E-state index is 0.0563. The summed E-state index contributed by atoms with van der Waals surface area (Å²) in [6.45, 7) is 8.41. The number of hydrogen-bond acceptors (Lipinski definition) is 1. The molecule has 0 unspecified atom stereocenters. The lowest BCUT2D eigenvalue weighted by Gasteiger charge is -2.20. The minimum atomic E-state index is -0.861. The summed E-state index contributed by atoms with van der Waals surface area (Å²) in [5, 5.41) is 10.5. The van der Waals surface area contributed by atoms with Crippen LogP contribution in [0.4, 0.5) is 0 Å². The van der Waals surface area contributed by atoms with Gasteiger partial charge in [-0.3, -0.25) is 0 Å². The summed E-state index contributed by atoms with van der Waals surface area (Å²) in [4.78, 5) is 11.5. The van der Waals surface area contributed by atoms with Crippen LogP contribution in [0.1, 0.15) is 49.2 Å². The summed E-state index contributed by atoms with van der Waals surface area (Å²) in [6, 6.07) is 3.95. The van der Waals surface area contributed by atoms with Crippen molar-refractivity contribution in [3.05, 3.63) is 35.0 Å². The number of aromatic carboxylic acids is 1. The second-order valence-corrected chi connectivity index (χ2v) is 6.09. The standard InChI is InChI=1S/C16H21NO2/c1-6-10-9-17(5)14-12(10)7-11(16(2,3)4)8-13(14)15(18)19/h7-9H,6H2,1-5H3,(H,18,19). The number of hydrogen-bond donors (Lipinski definition) is 1. The van der Waals surface area contributed by atoms with E-state index in [0.717, 1.165) is 22.9 Å². The average molecular weight is 259 g/mol. The molecule has 1 N–H and O–H groups in total. The van der Waals surface area contributed by atoms with Gasteiger partial charge in [0, 0.05) is 18.6 Å². The third-order valence-electron chi connectivity index (χ3n) is 3.64. The Morgan fingerprint density at radius 1 is 1.32 bits per heavy atom. The number of aryl methyl sites for hydroxylation is 2. The lowest BCUT2D eigenvalue weighted by molar-refractivity contribution is 0.0698. The predicted octanol–water partition coefficient (Wildman–Crippen LogP) is 3.74. The first kappa shape index (κ1) is 13.7. The monoisotopic (exact) mass is 259 g/mol. The van der Waals surface area contributed by atoms with E-state index in [-0.39, 0.29) is 5.41 Å². The molecule has 1 aromatic heterocycles. The maximum absolute atomic E-state index is 11.5. The molecule has 0 aliphatic heterocycles. The van der Waals surface area contributed by atoms with Crippen LogP contribution in [-0.4, -0.2) is 15.6 Å². The highest BCUT2D eigenvalue weighted by Gasteiger charge is 2.21. The van der Waals surface area contributed by atoms with E-state index in [1.807, 2.05) is 23.9 Å². The van der Waals surface area contributed by atoms with Crippen LogP contribution < -0.4 is 0 Å². The zero-order valence-corrected chi connectivity index (χ0v) is 12.2. The first-order valence-corrected chi connectivity index (χ1v) is 6.61. The average Bonchev–Trinajstić information content (AvgIpc) is 2.64. The second-order valence-electron chi connectivity index (χ2n) is 6.09. The molecule has 3 nitrogen and oxygen atoms in total. The fraction of sp³-hybridized carbons (Fsp3) is 0.438. The molecule has 0 amide bonds. The summed E-state index contributed by atoms with van der Waals surface area (Å²) < 4.78 is 1.92. The molecule has 0 atom stereocenters. The van der Waals surface area contributed by atoms with Crippen molar-refractivity contribution in [3.8, 4) is 0 Å². The van der Waals surface area contributed by atoms with Crippen LogP contribution in [0.3, 0.4) is 0 Å². The summed E-state index contributed by atoms with van der Waals surface area (Å²) in [6.07, 6.45) is 2.94. The number of carbonyl (C=O) groups is 1. The number of rotatable bonds is 2. The zero-order chi connectivity index (χ0) is 14.4. The van der Waals surface area contributed by atoms with E-state index >= 15 is 0 Å². The van der Waals surface area contributed by atoms with Crippen molar-refractivity contribution in [3.63, 3.8) is 0 Å². The van der Waals surface area contributed by atoms with Gasteiger partial charge in [-0.05, 0) is 35.1 Å². The molecular formula is C16H21NO2. The Bertz CT molecular complexity index is 645. The fourth-order valence-electron chi connectivity index (χ4n) is 2.50. The molecule has 0 aliphatic rings. The van der Waals surface area contributed by atoms with Gasteiger partial charge in [-0.15, -0.1) is 0 Å². The molecule has 1 aromatic carbocycles. The highest BCUT2D eigenvalue weighted by atomic mass is 16.4. The van der Waals surface area contributed by atoms with Gasteiger partial charge in [-0.2, -0.15) is 0 Å². The van der Waals surface area contributed by atoms with E-state index in [1.165, 1.54) is 5.56 Å². The second kappa shape index (κ2) is 4.41. The van der Waals surface area contributed by atoms with Crippen LogP contribution >= 0.6 is 0 Å². The van der Waals surface area contributed by atoms with E-state index in [4.69, 9.17) is 0 Å². The van der Waals surface area contributed by atoms with Crippen LogP contribution in [0, 0.1) is 0 Å². The summed E-state index contributed by atoms with van der Waals surface area (Å²) >= 11 is 0. The molecule has 0 radical (unpaired) electrons. The summed E-state index contributed by atoms with van der Waals surface area (Å²) in [5.74, 6) is -0.861. The third-order valence-corrected chi connectivity index (χ3v) is 3.64. The van der Waals surface area contributed by atoms with Crippen LogP contribution in [-0.2, 0) is 18.9 Å². The Labute approximate surface area is 113 Å². The van der Waals surface area contributed by atoms with Crippen LogP contribution in [0.25, 0.3) is 10.9 Å². The molecule has 0 aliphatic carbocycles. The Hall–Kier alpha value is -1.77. The SMILES string of the molecule is CCc1cn(C)c2c(C(=O)O)cc(C(C)(C)C)cc12. The largest absolute Gasteiger partial charge is 0.478 e. The van der Waals surface area contributed by atoms with Gasteiger partial charge in [-0.25, -0.2) is 4.79 Å². The molecule has 0 bridgehead atoms. The normalized spacial score (nSPS) is 12.1. The van der Waals surface area contributed by atoms with Gasteiger partial charge in [0.25, 0.3) is 0 Å². The van der Waals surface area contributed by atoms with E-state index in [0.29, 0.717) is 5.56 Å². The highest BCUT2D eigenvalue weighted by molar-refractivity contribution is 6.04. The van der Waals surface area contributed by atoms with Gasteiger partial charge in [-0.1, -0.05) is 27.7 Å². The number of carboxylic acids is 1. The van der Waals surface area contributed by atoms with E-state index in [2.05, 4.69) is 33.8 Å². The zero-order valence-electron chi connectivity index (χ0n) is 12.2. The van der Waals surface area contributed by atoms with Crippen molar-refractivity contribution >= 4 is 16.9 Å². The summed E-state index contributed by atoms with van der Waals surface area (Å²) in [7, 11) is 1.91. The molecule has 0 saturated carbocycles. The molecule has 0 spiro atoms. The predicted molar refractivity (Wildman–Crippen MR) is 78.0 cm³/mol. The number of nitrogens with zero attached hydrogens (tertiary/aromatic N) is 1. The Kier molecular flexibility index (Phi) is 3.17. The lowest BCUT2D eigenvalue weighted by Crippen LogP contribution is -2.13. The van der Waals surface area contributed by atoms with E-state index in [1.54, 1.807) is 0 Å². The number of carboxylic acid groups (broad SMARTS) is 1. The van der Waals surface area contributed by atoms with Gasteiger partial charge in [0.2, 0.25) is 0 Å². The quantitative estimate of drug-likeness (QED) is 0.892. The third kappa shape index (κ3) is 2.25. The maximum Gasteiger partial charge on any atom is 0.337 e. The molecule has 2 rings (SSSR count). The van der Waals surface area contributed by atoms with Crippen molar-refractivity contribution in [2.45, 2.75) is 39.5 Å². The smallest absolute Gasteiger partial charge is 0.337 e. The molecule has 3 heteroatoms. The minimum Gasteiger partial charge on any atom is -0.478 e. The van der Waals surface area contributed by atoms with Crippen LogP contribution in [0.5, 0.6) is 0 Å². The van der Waals surface area contributed by atoms with Crippen molar-refractivity contribution in [2.75, 3.05) is 0 Å². The topological polar surface area (TPSA) is 42.2 Å². The number of aromatic nitrogens is 1. The Morgan fingerprint density at radius 3 is 2.42 bits per heavy atom. The Balaban J connectivity index is 2.90. The van der Waals surface area contributed by atoms with Crippen molar-refractivity contribution in [2.24, 2.45) is 7.05 Å². The van der Waals surface area contributed by atoms with Crippen LogP contribution in [0.15, 0.2) is 18.3 Å². The van der Waals surface area contributed by atoms with E-state index in [9.17, 15) is 9.90 Å². The van der Waals surface area contributed by atoms with Gasteiger partial charge in [0.1, 0.15) is 0 Å². The van der Waals surface area contributed by atoms with Gasteiger partial charge in [0.15, 0.2) is 0 Å². The molecule has 2 aromatic rings. The first-order chi connectivity index (χ1) is 8.75. The van der Waals surface area contributed by atoms with Crippen LogP contribution in [0.2, 0.25) is 0 Å². The van der Waals surface area contributed by atoms with Gasteiger partial charge in [0.05, 0.1) is 11.1 Å². The van der Waals surface area contributed by atoms with Gasteiger partial charge >= 0.3 is 5.97 Å². The van der Waals surface area contributed by atoms with Crippen molar-refractivity contribution in [1.29, 1.82) is 0 Å². The van der Waals surface area contributed by atoms with Crippen molar-refractivity contribution < 1.29 is 9.90 Å². The number of benzene rings is 1. The van der Waals surface area contributed by atoms with E-state index < -0.39 is 5.97 Å². The van der Waals surface area contributed by atoms with Crippen molar-refractivity contribution in [1.82, 2.24) is 4.57 Å². The summed E-state index contributed by atoms with van der Waals surface area (Å²) in [5.41, 5.74) is 3.42. The first-order valence-electron chi connectivity index (χ1n) is 6.61. The molecular weight excluding hydrogens is 238 g/mol. The Morgan fingerprint density at radius 2 is 1.95 bits per heavy atom. The maximum atomic E-state index is 11.5. The molecule has 0 saturated heterocycles. The van der Waals surface area contributed by atoms with Gasteiger partial charge < -0.3 is 9.67 Å². The molecule has 0 fully saturated rings. The molecule has 102 valence electrons. The lowest BCUT2D eigenvalue weighted by atomic mass is 9.85. The highest BCUT2D eigenvalue weighted by Crippen LogP contribution is 2.31. The number of fused-ring (bicyclic) bond motifs is 1. The fourth-order valence-corrected chi connectivity index (χ4v) is 2.50. The molecule has 1 heterocycles. The molecule has 19 heavy (non-hydrogen) atoms.